The molecule has 0 aliphatic rings. The molecule has 0 radical (unpaired) electrons. The summed E-state index contributed by atoms with van der Waals surface area (Å²) < 4.78 is 12.9. The third-order valence-electron chi connectivity index (χ3n) is 4.65. The molecule has 7 heteroatoms. The normalized spacial score (nSPS) is 11.5. The average Bonchev–Trinajstić information content (AvgIpc) is 3.13. The van der Waals surface area contributed by atoms with Crippen LogP contribution in [-0.4, -0.2) is 48.6 Å². The van der Waals surface area contributed by atoms with E-state index in [-0.39, 0.29) is 0 Å². The van der Waals surface area contributed by atoms with Gasteiger partial charge in [0.1, 0.15) is 17.1 Å². The van der Waals surface area contributed by atoms with Crippen molar-refractivity contribution in [3.63, 3.8) is 0 Å². The van der Waals surface area contributed by atoms with Gasteiger partial charge in [-0.15, -0.1) is 0 Å². The van der Waals surface area contributed by atoms with Gasteiger partial charge >= 0.3 is 0 Å². The van der Waals surface area contributed by atoms with Gasteiger partial charge in [-0.3, -0.25) is 4.99 Å². The Morgan fingerprint density at radius 3 is 2.71 bits per heavy atom. The van der Waals surface area contributed by atoms with Crippen molar-refractivity contribution in [2.24, 2.45) is 4.99 Å². The van der Waals surface area contributed by atoms with Crippen molar-refractivity contribution < 1.29 is 9.47 Å². The fourth-order valence-electron chi connectivity index (χ4n) is 3.15. The molecule has 0 fully saturated rings. The molecule has 0 bridgehead atoms. The van der Waals surface area contributed by atoms with Crippen LogP contribution >= 0.6 is 0 Å². The smallest absolute Gasteiger partial charge is 0.194 e. The number of rotatable bonds is 6. The molecule has 0 aliphatic carbocycles. The third kappa shape index (κ3) is 4.19. The number of fused-ring (bicyclic) bond motifs is 1. The molecule has 1 aromatic carbocycles. The van der Waals surface area contributed by atoms with Crippen molar-refractivity contribution in [3.05, 3.63) is 59.5 Å². The van der Waals surface area contributed by atoms with Crippen molar-refractivity contribution in [1.82, 2.24) is 19.6 Å². The van der Waals surface area contributed by atoms with E-state index < -0.39 is 0 Å². The summed E-state index contributed by atoms with van der Waals surface area (Å²) in [6, 6.07) is 11.9. The number of nitrogens with one attached hydrogen (secondary N) is 1. The number of pyridine rings is 1. The molecule has 0 atom stereocenters. The molecular weight excluding hydrogens is 354 g/mol. The van der Waals surface area contributed by atoms with Gasteiger partial charge in [-0.1, -0.05) is 6.07 Å². The highest BCUT2D eigenvalue weighted by Crippen LogP contribution is 2.25. The molecule has 1 N–H and O–H groups in total. The highest BCUT2D eigenvalue weighted by molar-refractivity contribution is 5.79. The second-order valence-electron chi connectivity index (χ2n) is 6.56. The predicted molar refractivity (Wildman–Crippen MR) is 111 cm³/mol. The van der Waals surface area contributed by atoms with E-state index in [4.69, 9.17) is 9.47 Å². The molecule has 0 saturated carbocycles. The minimum absolute atomic E-state index is 0.595. The Bertz CT molecular complexity index is 980. The van der Waals surface area contributed by atoms with Gasteiger partial charge in [0, 0.05) is 44.2 Å². The summed E-state index contributed by atoms with van der Waals surface area (Å²) in [5.74, 6) is 2.34. The fourth-order valence-corrected chi connectivity index (χ4v) is 3.15. The van der Waals surface area contributed by atoms with Crippen LogP contribution in [0.1, 0.15) is 17.0 Å². The standard InChI is InChI=1S/C21H27N5O2/c1-15-7-6-8-20-24-17(14-26(15)20)12-23-21(22-2)25(3)13-16-9-10-18(27-4)11-19(16)28-5/h6-11,14H,12-13H2,1-5H3,(H,22,23). The number of hydrogen-bond donors (Lipinski definition) is 1. The highest BCUT2D eigenvalue weighted by Gasteiger charge is 2.12. The minimum atomic E-state index is 0.595. The number of hydrogen-bond acceptors (Lipinski definition) is 4. The fraction of sp³-hybridized carbons (Fsp3) is 0.333. The van der Waals surface area contributed by atoms with Crippen molar-refractivity contribution in [2.75, 3.05) is 28.3 Å². The van der Waals surface area contributed by atoms with E-state index in [0.717, 1.165) is 40.1 Å². The first-order chi connectivity index (χ1) is 13.5. The van der Waals surface area contributed by atoms with Crippen molar-refractivity contribution >= 4 is 11.6 Å². The van der Waals surface area contributed by atoms with Gasteiger partial charge in [-0.05, 0) is 31.2 Å². The van der Waals surface area contributed by atoms with Gasteiger partial charge in [0.15, 0.2) is 5.96 Å². The molecule has 28 heavy (non-hydrogen) atoms. The Hall–Kier alpha value is -3.22. The molecule has 2 aromatic heterocycles. The van der Waals surface area contributed by atoms with Gasteiger partial charge in [0.2, 0.25) is 0 Å². The van der Waals surface area contributed by atoms with E-state index in [2.05, 4.69) is 38.9 Å². The second kappa shape index (κ2) is 8.65. The molecule has 3 rings (SSSR count). The maximum Gasteiger partial charge on any atom is 0.194 e. The van der Waals surface area contributed by atoms with E-state index in [1.165, 1.54) is 0 Å². The average molecular weight is 381 g/mol. The second-order valence-corrected chi connectivity index (χ2v) is 6.56. The summed E-state index contributed by atoms with van der Waals surface area (Å²) in [4.78, 5) is 11.1. The van der Waals surface area contributed by atoms with E-state index in [1.807, 2.05) is 42.3 Å². The van der Waals surface area contributed by atoms with Crippen molar-refractivity contribution in [2.45, 2.75) is 20.0 Å². The summed E-state index contributed by atoms with van der Waals surface area (Å²) in [5.41, 5.74) is 4.12. The number of nitrogens with zero attached hydrogens (tertiary/aromatic N) is 4. The van der Waals surface area contributed by atoms with E-state index in [0.29, 0.717) is 13.1 Å². The predicted octanol–water partition coefficient (Wildman–Crippen LogP) is 2.87. The van der Waals surface area contributed by atoms with E-state index in [1.54, 1.807) is 21.3 Å². The van der Waals surface area contributed by atoms with Crippen LogP contribution in [0.25, 0.3) is 5.65 Å². The lowest BCUT2D eigenvalue weighted by Crippen LogP contribution is -2.38. The Kier molecular flexibility index (Phi) is 6.03. The zero-order chi connectivity index (χ0) is 20.1. The lowest BCUT2D eigenvalue weighted by Gasteiger charge is -2.23. The Morgan fingerprint density at radius 2 is 2.04 bits per heavy atom. The molecule has 0 unspecified atom stereocenters. The quantitative estimate of drug-likeness (QED) is 0.525. The van der Waals surface area contributed by atoms with Crippen LogP contribution in [0.15, 0.2) is 47.6 Å². The van der Waals surface area contributed by atoms with Crippen LogP contribution < -0.4 is 14.8 Å². The SMILES string of the molecule is CN=C(NCc1cn2c(C)cccc2n1)N(C)Cc1ccc(OC)cc1OC. The lowest BCUT2D eigenvalue weighted by atomic mass is 10.2. The number of imidazole rings is 1. The number of benzene rings is 1. The van der Waals surface area contributed by atoms with Gasteiger partial charge in [-0.25, -0.2) is 4.98 Å². The van der Waals surface area contributed by atoms with Crippen LogP contribution in [0.4, 0.5) is 0 Å². The largest absolute Gasteiger partial charge is 0.497 e. The van der Waals surface area contributed by atoms with E-state index >= 15 is 0 Å². The molecule has 3 aromatic rings. The Balaban J connectivity index is 1.68. The number of aliphatic imine (C=N–C) groups is 1. The third-order valence-corrected chi connectivity index (χ3v) is 4.65. The number of aryl methyl sites for hydroxylation is 1. The molecule has 148 valence electrons. The number of guanidine groups is 1. The van der Waals surface area contributed by atoms with E-state index in [9.17, 15) is 0 Å². The van der Waals surface area contributed by atoms with Crippen LogP contribution in [0.3, 0.4) is 0 Å². The first-order valence-electron chi connectivity index (χ1n) is 9.12. The topological polar surface area (TPSA) is 63.4 Å². The molecule has 0 saturated heterocycles. The number of aromatic nitrogens is 2. The summed E-state index contributed by atoms with van der Waals surface area (Å²) in [6.45, 7) is 3.32. The van der Waals surface area contributed by atoms with Crippen LogP contribution in [0, 0.1) is 6.92 Å². The molecular formula is C21H27N5O2. The van der Waals surface area contributed by atoms with Gasteiger partial charge < -0.3 is 24.1 Å². The molecule has 2 heterocycles. The zero-order valence-electron chi connectivity index (χ0n) is 17.1. The molecule has 0 spiro atoms. The Labute approximate surface area is 165 Å². The molecule has 7 nitrogen and oxygen atoms in total. The van der Waals surface area contributed by atoms with Gasteiger partial charge in [0.05, 0.1) is 26.5 Å². The zero-order valence-corrected chi connectivity index (χ0v) is 17.1. The molecule has 0 amide bonds. The summed E-state index contributed by atoms with van der Waals surface area (Å²) in [6.07, 6.45) is 2.05. The Morgan fingerprint density at radius 1 is 1.21 bits per heavy atom. The first-order valence-corrected chi connectivity index (χ1v) is 9.12. The number of ether oxygens (including phenoxy) is 2. The maximum atomic E-state index is 5.50. The summed E-state index contributed by atoms with van der Waals surface area (Å²) in [7, 11) is 7.08. The number of methoxy groups -OCH3 is 2. The van der Waals surface area contributed by atoms with Crippen LogP contribution in [0.5, 0.6) is 11.5 Å². The monoisotopic (exact) mass is 381 g/mol. The van der Waals surface area contributed by atoms with Crippen molar-refractivity contribution in [1.29, 1.82) is 0 Å². The summed E-state index contributed by atoms with van der Waals surface area (Å²) >= 11 is 0. The van der Waals surface area contributed by atoms with Gasteiger partial charge in [0.25, 0.3) is 0 Å². The maximum absolute atomic E-state index is 5.50. The van der Waals surface area contributed by atoms with Crippen molar-refractivity contribution in [3.8, 4) is 11.5 Å². The summed E-state index contributed by atoms with van der Waals surface area (Å²) in [5, 5.41) is 3.38. The van der Waals surface area contributed by atoms with Gasteiger partial charge in [-0.2, -0.15) is 0 Å². The van der Waals surface area contributed by atoms with Crippen LogP contribution in [-0.2, 0) is 13.1 Å². The lowest BCUT2D eigenvalue weighted by molar-refractivity contribution is 0.382. The minimum Gasteiger partial charge on any atom is -0.497 e. The molecule has 0 aliphatic heterocycles. The first kappa shape index (κ1) is 19.5. The van der Waals surface area contributed by atoms with Crippen LogP contribution in [0.2, 0.25) is 0 Å². The highest BCUT2D eigenvalue weighted by atomic mass is 16.5.